The number of furan rings is 1. The van der Waals surface area contributed by atoms with Crippen molar-refractivity contribution in [3.05, 3.63) is 53.7 Å². The van der Waals surface area contributed by atoms with Gasteiger partial charge in [-0.25, -0.2) is 9.98 Å². The second kappa shape index (κ2) is 5.79. The highest BCUT2D eigenvalue weighted by Crippen LogP contribution is 2.39. The molecule has 0 atom stereocenters. The van der Waals surface area contributed by atoms with Crippen molar-refractivity contribution in [2.45, 2.75) is 6.92 Å². The number of carbonyl (C=O) groups is 1. The van der Waals surface area contributed by atoms with E-state index in [1.54, 1.807) is 36.9 Å². The number of nitrogens with zero attached hydrogens (tertiary/aromatic N) is 2. The fourth-order valence-corrected chi connectivity index (χ4v) is 2.67. The van der Waals surface area contributed by atoms with E-state index in [4.69, 9.17) is 4.42 Å². The van der Waals surface area contributed by atoms with Crippen LogP contribution in [0.2, 0.25) is 0 Å². The van der Waals surface area contributed by atoms with E-state index in [2.05, 4.69) is 20.3 Å². The number of aliphatic imine (C=N–C) groups is 1. The molecule has 0 aliphatic carbocycles. The number of aromatic nitrogens is 2. The third kappa shape index (κ3) is 2.61. The molecule has 0 radical (unpaired) electrons. The molecule has 7 nitrogen and oxygen atoms in total. The van der Waals surface area contributed by atoms with Gasteiger partial charge >= 0.3 is 0 Å². The van der Waals surface area contributed by atoms with Crippen molar-refractivity contribution in [1.82, 2.24) is 9.97 Å². The SMILES string of the molecule is CC(=O)c1c(Nc2cc[nH]c2)oc(C=C2C=Nc3ncccc32)c1O. The van der Waals surface area contributed by atoms with Crippen molar-refractivity contribution in [3.63, 3.8) is 0 Å². The molecule has 25 heavy (non-hydrogen) atoms. The van der Waals surface area contributed by atoms with Gasteiger partial charge in [0.2, 0.25) is 5.88 Å². The predicted octanol–water partition coefficient (Wildman–Crippen LogP) is 3.91. The summed E-state index contributed by atoms with van der Waals surface area (Å²) in [7, 11) is 0. The molecule has 0 spiro atoms. The zero-order valence-electron chi connectivity index (χ0n) is 13.3. The lowest BCUT2D eigenvalue weighted by molar-refractivity contribution is 0.101. The van der Waals surface area contributed by atoms with Crippen LogP contribution in [0.15, 0.2) is 46.2 Å². The molecule has 0 bridgehead atoms. The lowest BCUT2D eigenvalue weighted by Gasteiger charge is -2.00. The molecule has 0 saturated carbocycles. The van der Waals surface area contributed by atoms with Gasteiger partial charge in [-0.05, 0) is 31.2 Å². The van der Waals surface area contributed by atoms with Crippen LogP contribution in [0.25, 0.3) is 11.6 Å². The van der Waals surface area contributed by atoms with Gasteiger partial charge in [-0.3, -0.25) is 4.79 Å². The van der Waals surface area contributed by atoms with Crippen molar-refractivity contribution in [2.24, 2.45) is 4.99 Å². The number of Topliss-reactive ketones (excluding diaryl/α,β-unsaturated/α-hetero) is 1. The highest BCUT2D eigenvalue weighted by Gasteiger charge is 2.24. The number of fused-ring (bicyclic) bond motifs is 1. The quantitative estimate of drug-likeness (QED) is 0.628. The number of H-pyrrole nitrogens is 1. The minimum Gasteiger partial charge on any atom is -0.504 e. The van der Waals surface area contributed by atoms with E-state index in [-0.39, 0.29) is 28.7 Å². The summed E-state index contributed by atoms with van der Waals surface area (Å²) in [6.45, 7) is 1.38. The van der Waals surface area contributed by atoms with Crippen LogP contribution in [0, 0.1) is 0 Å². The first-order chi connectivity index (χ1) is 12.1. The number of anilines is 2. The normalized spacial score (nSPS) is 14.0. The maximum Gasteiger partial charge on any atom is 0.212 e. The summed E-state index contributed by atoms with van der Waals surface area (Å²) in [4.78, 5) is 23.2. The Hall–Kier alpha value is -3.61. The van der Waals surface area contributed by atoms with Crippen LogP contribution >= 0.6 is 0 Å². The Morgan fingerprint density at radius 2 is 2.28 bits per heavy atom. The Kier molecular flexibility index (Phi) is 3.46. The molecule has 3 aromatic heterocycles. The summed E-state index contributed by atoms with van der Waals surface area (Å²) in [5.41, 5.74) is 2.40. The highest BCUT2D eigenvalue weighted by atomic mass is 16.4. The number of hydrogen-bond acceptors (Lipinski definition) is 6. The van der Waals surface area contributed by atoms with Gasteiger partial charge in [0.05, 0.1) is 5.69 Å². The Balaban J connectivity index is 1.77. The predicted molar refractivity (Wildman–Crippen MR) is 94.7 cm³/mol. The van der Waals surface area contributed by atoms with Crippen LogP contribution < -0.4 is 5.32 Å². The van der Waals surface area contributed by atoms with Crippen molar-refractivity contribution >= 4 is 41.0 Å². The Morgan fingerprint density at radius 3 is 3.04 bits per heavy atom. The molecule has 4 rings (SSSR count). The summed E-state index contributed by atoms with van der Waals surface area (Å²) in [5, 5.41) is 13.4. The monoisotopic (exact) mass is 334 g/mol. The largest absolute Gasteiger partial charge is 0.504 e. The second-order valence-electron chi connectivity index (χ2n) is 5.53. The minimum absolute atomic E-state index is 0.106. The smallest absolute Gasteiger partial charge is 0.212 e. The van der Waals surface area contributed by atoms with Crippen LogP contribution in [-0.4, -0.2) is 27.1 Å². The van der Waals surface area contributed by atoms with Gasteiger partial charge in [0.15, 0.2) is 23.1 Å². The first kappa shape index (κ1) is 14.9. The van der Waals surface area contributed by atoms with Gasteiger partial charge in [0.1, 0.15) is 5.56 Å². The number of carbonyl (C=O) groups excluding carboxylic acids is 1. The summed E-state index contributed by atoms with van der Waals surface area (Å²) in [5.74, 6) is 0.478. The average Bonchev–Trinajstić information content (AvgIpc) is 3.30. The molecule has 3 N–H and O–H groups in total. The third-order valence-electron chi connectivity index (χ3n) is 3.83. The van der Waals surface area contributed by atoms with Crippen molar-refractivity contribution in [1.29, 1.82) is 0 Å². The summed E-state index contributed by atoms with van der Waals surface area (Å²) < 4.78 is 5.70. The van der Waals surface area contributed by atoms with Crippen molar-refractivity contribution in [2.75, 3.05) is 5.32 Å². The van der Waals surface area contributed by atoms with E-state index < -0.39 is 0 Å². The Labute approximate surface area is 142 Å². The Bertz CT molecular complexity index is 1010. The lowest BCUT2D eigenvalue weighted by Crippen LogP contribution is -1.96. The molecule has 0 unspecified atom stereocenters. The van der Waals surface area contributed by atoms with E-state index in [9.17, 15) is 9.90 Å². The fourth-order valence-electron chi connectivity index (χ4n) is 2.67. The molecule has 1 aliphatic rings. The zero-order valence-corrected chi connectivity index (χ0v) is 13.3. The van der Waals surface area contributed by atoms with E-state index in [0.717, 1.165) is 11.1 Å². The van der Waals surface area contributed by atoms with E-state index in [0.29, 0.717) is 11.5 Å². The number of rotatable bonds is 4. The second-order valence-corrected chi connectivity index (χ2v) is 5.53. The molecule has 3 aromatic rings. The van der Waals surface area contributed by atoms with Gasteiger partial charge in [0.25, 0.3) is 0 Å². The van der Waals surface area contributed by atoms with Crippen LogP contribution in [0.5, 0.6) is 5.75 Å². The third-order valence-corrected chi connectivity index (χ3v) is 3.83. The van der Waals surface area contributed by atoms with E-state index in [1.807, 2.05) is 12.1 Å². The minimum atomic E-state index is -0.300. The van der Waals surface area contributed by atoms with Crippen LogP contribution in [0.4, 0.5) is 17.4 Å². The van der Waals surface area contributed by atoms with Crippen LogP contribution in [0.1, 0.15) is 28.6 Å². The van der Waals surface area contributed by atoms with Gasteiger partial charge in [-0.2, -0.15) is 0 Å². The lowest BCUT2D eigenvalue weighted by atomic mass is 10.1. The zero-order chi connectivity index (χ0) is 17.4. The number of nitrogens with one attached hydrogen (secondary N) is 2. The number of hydrogen-bond donors (Lipinski definition) is 3. The molecule has 0 aromatic carbocycles. The molecule has 4 heterocycles. The summed E-state index contributed by atoms with van der Waals surface area (Å²) in [6, 6.07) is 5.47. The Morgan fingerprint density at radius 1 is 1.40 bits per heavy atom. The number of aromatic hydroxyl groups is 1. The van der Waals surface area contributed by atoms with E-state index in [1.165, 1.54) is 6.92 Å². The number of allylic oxidation sites excluding steroid dienone is 1. The van der Waals surface area contributed by atoms with Crippen molar-refractivity contribution < 1.29 is 14.3 Å². The van der Waals surface area contributed by atoms with Gasteiger partial charge in [-0.15, -0.1) is 0 Å². The molecule has 1 aliphatic heterocycles. The number of pyridine rings is 1. The average molecular weight is 334 g/mol. The maximum absolute atomic E-state index is 11.9. The first-order valence-electron chi connectivity index (χ1n) is 7.61. The van der Waals surface area contributed by atoms with Crippen LogP contribution in [-0.2, 0) is 0 Å². The standard InChI is InChI=1S/C18H14N4O3/c1-10(23)15-16(24)14(25-18(15)22-12-4-6-19-9-12)7-11-8-21-17-13(11)3-2-5-20-17/h2-9,19,22,24H,1H3. The van der Waals surface area contributed by atoms with Crippen LogP contribution in [0.3, 0.4) is 0 Å². The molecule has 7 heteroatoms. The summed E-state index contributed by atoms with van der Waals surface area (Å²) in [6.07, 6.45) is 8.40. The van der Waals surface area contributed by atoms with Crippen molar-refractivity contribution in [3.8, 4) is 5.75 Å². The molecular weight excluding hydrogens is 320 g/mol. The van der Waals surface area contributed by atoms with Gasteiger partial charge in [-0.1, -0.05) is 0 Å². The van der Waals surface area contributed by atoms with Gasteiger partial charge < -0.3 is 19.8 Å². The fraction of sp³-hybridized carbons (Fsp3) is 0.0556. The molecule has 0 saturated heterocycles. The molecule has 0 fully saturated rings. The summed E-state index contributed by atoms with van der Waals surface area (Å²) >= 11 is 0. The first-order valence-corrected chi connectivity index (χ1v) is 7.61. The molecule has 0 amide bonds. The van der Waals surface area contributed by atoms with Gasteiger partial charge in [0, 0.05) is 35.9 Å². The highest BCUT2D eigenvalue weighted by molar-refractivity contribution is 6.21. The topological polar surface area (TPSA) is 104 Å². The van der Waals surface area contributed by atoms with E-state index >= 15 is 0 Å². The number of aromatic amines is 1. The molecular formula is C18H14N4O3. The maximum atomic E-state index is 11.9. The number of ketones is 1. The molecule has 124 valence electrons.